The monoisotopic (exact) mass is 290 g/mol. The molecule has 2 unspecified atom stereocenters. The molecule has 0 aliphatic heterocycles. The number of ether oxygens (including phenoxy) is 1. The molecule has 0 saturated carbocycles. The molecule has 2 atom stereocenters. The minimum Gasteiger partial charge on any atom is -0.380 e. The number of methoxy groups -OCH3 is 1. The Morgan fingerprint density at radius 2 is 2.25 bits per heavy atom. The molecule has 0 amide bonds. The molecule has 0 aromatic heterocycles. The molecule has 0 heterocycles. The van der Waals surface area contributed by atoms with Crippen LogP contribution in [-0.4, -0.2) is 19.3 Å². The fourth-order valence-corrected chi connectivity index (χ4v) is 1.89. The van der Waals surface area contributed by atoms with E-state index in [4.69, 9.17) is 10.6 Å². The Kier molecular flexibility index (Phi) is 5.34. The van der Waals surface area contributed by atoms with Crippen molar-refractivity contribution in [1.29, 1.82) is 0 Å². The Morgan fingerprint density at radius 3 is 2.81 bits per heavy atom. The Hall–Kier alpha value is -0.490. The van der Waals surface area contributed by atoms with Crippen LogP contribution < -0.4 is 11.3 Å². The molecule has 0 radical (unpaired) electrons. The highest BCUT2D eigenvalue weighted by Gasteiger charge is 2.17. The van der Waals surface area contributed by atoms with Crippen molar-refractivity contribution in [2.24, 2.45) is 5.84 Å². The molecular formula is C11H16BrFN2O. The number of hydrogen-bond donors (Lipinski definition) is 2. The minimum atomic E-state index is -0.265. The molecular weight excluding hydrogens is 275 g/mol. The van der Waals surface area contributed by atoms with Crippen LogP contribution in [0.4, 0.5) is 4.39 Å². The van der Waals surface area contributed by atoms with Gasteiger partial charge >= 0.3 is 0 Å². The lowest BCUT2D eigenvalue weighted by Crippen LogP contribution is -2.45. The van der Waals surface area contributed by atoms with Crippen molar-refractivity contribution in [2.45, 2.75) is 25.5 Å². The smallest absolute Gasteiger partial charge is 0.137 e. The zero-order chi connectivity index (χ0) is 12.1. The SMILES string of the molecule is COC(C)C(Cc1cccc(F)c1Br)NN. The van der Waals surface area contributed by atoms with Gasteiger partial charge in [0, 0.05) is 7.11 Å². The lowest BCUT2D eigenvalue weighted by Gasteiger charge is -2.22. The van der Waals surface area contributed by atoms with Crippen molar-refractivity contribution in [2.75, 3.05) is 7.11 Å². The molecule has 0 aliphatic carbocycles. The fraction of sp³-hybridized carbons (Fsp3) is 0.455. The third-order valence-electron chi connectivity index (χ3n) is 2.62. The number of nitrogens with one attached hydrogen (secondary N) is 1. The first-order valence-electron chi connectivity index (χ1n) is 5.02. The molecule has 0 bridgehead atoms. The van der Waals surface area contributed by atoms with E-state index in [-0.39, 0.29) is 18.0 Å². The standard InChI is InChI=1S/C11H16BrFN2O/c1-7(16-2)10(15-14)6-8-4-3-5-9(13)11(8)12/h3-5,7,10,15H,6,14H2,1-2H3. The van der Waals surface area contributed by atoms with Crippen molar-refractivity contribution in [3.8, 4) is 0 Å². The maximum Gasteiger partial charge on any atom is 0.137 e. The normalized spacial score (nSPS) is 14.8. The summed E-state index contributed by atoms with van der Waals surface area (Å²) in [5.74, 6) is 5.18. The predicted octanol–water partition coefficient (Wildman–Crippen LogP) is 2.00. The highest BCUT2D eigenvalue weighted by atomic mass is 79.9. The Morgan fingerprint density at radius 1 is 1.56 bits per heavy atom. The van der Waals surface area contributed by atoms with Crippen molar-refractivity contribution >= 4 is 15.9 Å². The lowest BCUT2D eigenvalue weighted by atomic mass is 10.0. The number of halogens is 2. The van der Waals surface area contributed by atoms with E-state index in [1.165, 1.54) is 6.07 Å². The average Bonchev–Trinajstić information content (AvgIpc) is 2.30. The summed E-state index contributed by atoms with van der Waals surface area (Å²) >= 11 is 3.22. The number of benzene rings is 1. The quantitative estimate of drug-likeness (QED) is 0.644. The third-order valence-corrected chi connectivity index (χ3v) is 3.51. The van der Waals surface area contributed by atoms with Gasteiger partial charge in [0.05, 0.1) is 16.6 Å². The van der Waals surface area contributed by atoms with E-state index in [0.717, 1.165) is 5.56 Å². The van der Waals surface area contributed by atoms with Crippen LogP contribution in [0.15, 0.2) is 22.7 Å². The topological polar surface area (TPSA) is 47.3 Å². The van der Waals surface area contributed by atoms with Gasteiger partial charge in [0.15, 0.2) is 0 Å². The van der Waals surface area contributed by atoms with Gasteiger partial charge in [0.25, 0.3) is 0 Å². The molecule has 3 nitrogen and oxygen atoms in total. The summed E-state index contributed by atoms with van der Waals surface area (Å²) < 4.78 is 19.0. The van der Waals surface area contributed by atoms with Crippen LogP contribution in [0.3, 0.4) is 0 Å². The van der Waals surface area contributed by atoms with Crippen LogP contribution in [0.1, 0.15) is 12.5 Å². The fourth-order valence-electron chi connectivity index (χ4n) is 1.47. The van der Waals surface area contributed by atoms with E-state index in [2.05, 4.69) is 21.4 Å². The molecule has 5 heteroatoms. The predicted molar refractivity (Wildman–Crippen MR) is 65.4 cm³/mol. The summed E-state index contributed by atoms with van der Waals surface area (Å²) in [5, 5.41) is 0. The van der Waals surface area contributed by atoms with Gasteiger partial charge < -0.3 is 4.74 Å². The maximum absolute atomic E-state index is 13.3. The van der Waals surface area contributed by atoms with Gasteiger partial charge in [0.2, 0.25) is 0 Å². The van der Waals surface area contributed by atoms with Crippen molar-refractivity contribution in [1.82, 2.24) is 5.43 Å². The molecule has 90 valence electrons. The molecule has 0 spiro atoms. The van der Waals surface area contributed by atoms with Crippen LogP contribution in [0.25, 0.3) is 0 Å². The lowest BCUT2D eigenvalue weighted by molar-refractivity contribution is 0.0830. The molecule has 3 N–H and O–H groups in total. The van der Waals surface area contributed by atoms with E-state index < -0.39 is 0 Å². The third kappa shape index (κ3) is 3.25. The second-order valence-corrected chi connectivity index (χ2v) is 4.42. The second-order valence-electron chi connectivity index (χ2n) is 3.63. The van der Waals surface area contributed by atoms with E-state index in [1.54, 1.807) is 13.2 Å². The van der Waals surface area contributed by atoms with Crippen LogP contribution in [-0.2, 0) is 11.2 Å². The first-order valence-corrected chi connectivity index (χ1v) is 5.81. The van der Waals surface area contributed by atoms with Gasteiger partial charge in [-0.25, -0.2) is 4.39 Å². The summed E-state index contributed by atoms with van der Waals surface area (Å²) in [6.07, 6.45) is 0.560. The van der Waals surface area contributed by atoms with Gasteiger partial charge in [-0.1, -0.05) is 12.1 Å². The molecule has 1 rings (SSSR count). The van der Waals surface area contributed by atoms with Gasteiger partial charge in [-0.05, 0) is 40.9 Å². The number of rotatable bonds is 5. The first kappa shape index (κ1) is 13.6. The molecule has 1 aromatic carbocycles. The first-order chi connectivity index (χ1) is 7.60. The minimum absolute atomic E-state index is 0.0415. The van der Waals surface area contributed by atoms with Crippen LogP contribution >= 0.6 is 15.9 Å². The average molecular weight is 291 g/mol. The molecule has 1 aromatic rings. The van der Waals surface area contributed by atoms with Gasteiger partial charge in [-0.3, -0.25) is 11.3 Å². The Bertz CT molecular complexity index is 349. The maximum atomic E-state index is 13.3. The van der Waals surface area contributed by atoms with E-state index in [1.807, 2.05) is 13.0 Å². The summed E-state index contributed by atoms with van der Waals surface area (Å²) in [4.78, 5) is 0. The highest BCUT2D eigenvalue weighted by Crippen LogP contribution is 2.22. The summed E-state index contributed by atoms with van der Waals surface area (Å²) in [5.41, 5.74) is 3.55. The zero-order valence-corrected chi connectivity index (χ0v) is 10.9. The summed E-state index contributed by atoms with van der Waals surface area (Å²) in [7, 11) is 1.62. The van der Waals surface area contributed by atoms with Gasteiger partial charge in [0.1, 0.15) is 5.82 Å². The number of hydrazine groups is 1. The Labute approximate surface area is 103 Å². The Balaban J connectivity index is 2.82. The van der Waals surface area contributed by atoms with Crippen molar-refractivity contribution < 1.29 is 9.13 Å². The molecule has 0 aliphatic rings. The van der Waals surface area contributed by atoms with E-state index in [0.29, 0.717) is 10.9 Å². The van der Waals surface area contributed by atoms with E-state index >= 15 is 0 Å². The van der Waals surface area contributed by atoms with Crippen molar-refractivity contribution in [3.05, 3.63) is 34.1 Å². The summed E-state index contributed by atoms with van der Waals surface area (Å²) in [6, 6.07) is 4.90. The van der Waals surface area contributed by atoms with Crippen LogP contribution in [0, 0.1) is 5.82 Å². The van der Waals surface area contributed by atoms with Crippen LogP contribution in [0.5, 0.6) is 0 Å². The van der Waals surface area contributed by atoms with E-state index in [9.17, 15) is 4.39 Å². The molecule has 0 saturated heterocycles. The summed E-state index contributed by atoms with van der Waals surface area (Å²) in [6.45, 7) is 1.91. The van der Waals surface area contributed by atoms with Gasteiger partial charge in [-0.15, -0.1) is 0 Å². The van der Waals surface area contributed by atoms with Crippen molar-refractivity contribution in [3.63, 3.8) is 0 Å². The van der Waals surface area contributed by atoms with Crippen LogP contribution in [0.2, 0.25) is 0 Å². The second kappa shape index (κ2) is 6.30. The largest absolute Gasteiger partial charge is 0.380 e. The van der Waals surface area contributed by atoms with Gasteiger partial charge in [-0.2, -0.15) is 0 Å². The highest BCUT2D eigenvalue weighted by molar-refractivity contribution is 9.10. The molecule has 0 fully saturated rings. The zero-order valence-electron chi connectivity index (χ0n) is 9.34. The molecule has 16 heavy (non-hydrogen) atoms. The number of nitrogens with two attached hydrogens (primary N) is 1. The number of hydrogen-bond acceptors (Lipinski definition) is 3.